The van der Waals surface area contributed by atoms with Crippen LogP contribution in [0.1, 0.15) is 23.9 Å². The van der Waals surface area contributed by atoms with Crippen molar-refractivity contribution in [3.05, 3.63) is 44.8 Å². The largest absolute Gasteiger partial charge is 0.496 e. The Bertz CT molecular complexity index is 908. The summed E-state index contributed by atoms with van der Waals surface area (Å²) < 4.78 is 11.2. The number of hydrogen-bond acceptors (Lipinski definition) is 5. The predicted octanol–water partition coefficient (Wildman–Crippen LogP) is 4.10. The molecule has 0 fully saturated rings. The first-order chi connectivity index (χ1) is 10.5. The first kappa shape index (κ1) is 14.8. The van der Waals surface area contributed by atoms with Crippen LogP contribution in [-0.4, -0.2) is 12.1 Å². The van der Waals surface area contributed by atoms with Crippen molar-refractivity contribution in [3.63, 3.8) is 0 Å². The van der Waals surface area contributed by atoms with Crippen molar-refractivity contribution in [2.45, 2.75) is 27.2 Å². The summed E-state index contributed by atoms with van der Waals surface area (Å²) in [5.41, 5.74) is 2.96. The normalized spacial score (nSPS) is 11.1. The van der Waals surface area contributed by atoms with Crippen molar-refractivity contribution in [2.75, 3.05) is 7.11 Å². The average Bonchev–Trinajstić information content (AvgIpc) is 2.92. The van der Waals surface area contributed by atoms with Crippen molar-refractivity contribution >= 4 is 22.3 Å². The lowest BCUT2D eigenvalue weighted by atomic mass is 10.1. The first-order valence-corrected chi connectivity index (χ1v) is 8.00. The summed E-state index contributed by atoms with van der Waals surface area (Å²) in [6.07, 6.45) is 0.790. The lowest BCUT2D eigenvalue weighted by molar-refractivity contribution is 0.409. The van der Waals surface area contributed by atoms with Crippen LogP contribution in [0.3, 0.4) is 0 Å². The number of benzene rings is 1. The molecule has 114 valence electrons. The molecule has 0 amide bonds. The lowest BCUT2D eigenvalue weighted by Gasteiger charge is -2.10. The molecule has 0 radical (unpaired) electrons. The van der Waals surface area contributed by atoms with Gasteiger partial charge in [0, 0.05) is 17.1 Å². The zero-order valence-corrected chi connectivity index (χ0v) is 13.8. The smallest absolute Gasteiger partial charge is 0.203 e. The number of hydrogen-bond donors (Lipinski definition) is 0. The molecule has 5 heteroatoms. The van der Waals surface area contributed by atoms with Gasteiger partial charge in [-0.1, -0.05) is 6.92 Å². The second-order valence-electron chi connectivity index (χ2n) is 5.17. The number of fused-ring (bicyclic) bond motifs is 1. The fraction of sp³-hybridized carbons (Fsp3) is 0.294. The SMILES string of the molecule is CCc1cc2c(=O)c(-c3nc(C)cs3)c(C)oc2cc1OC. The van der Waals surface area contributed by atoms with Crippen LogP contribution < -0.4 is 10.2 Å². The summed E-state index contributed by atoms with van der Waals surface area (Å²) in [5.74, 6) is 1.33. The quantitative estimate of drug-likeness (QED) is 0.730. The molecule has 3 aromatic rings. The van der Waals surface area contributed by atoms with Gasteiger partial charge < -0.3 is 9.15 Å². The topological polar surface area (TPSA) is 52.3 Å². The Morgan fingerprint density at radius 2 is 2.09 bits per heavy atom. The van der Waals surface area contributed by atoms with Crippen LogP contribution in [0.15, 0.2) is 26.7 Å². The van der Waals surface area contributed by atoms with Crippen LogP contribution in [-0.2, 0) is 6.42 Å². The Labute approximate surface area is 132 Å². The van der Waals surface area contributed by atoms with Crippen molar-refractivity contribution < 1.29 is 9.15 Å². The van der Waals surface area contributed by atoms with E-state index in [1.165, 1.54) is 11.3 Å². The Morgan fingerprint density at radius 3 is 2.68 bits per heavy atom. The summed E-state index contributed by atoms with van der Waals surface area (Å²) in [6, 6.07) is 3.66. The van der Waals surface area contributed by atoms with Crippen LogP contribution >= 0.6 is 11.3 Å². The second-order valence-corrected chi connectivity index (χ2v) is 6.03. The molecule has 4 nitrogen and oxygen atoms in total. The standard InChI is InChI=1S/C17H17NO3S/c1-5-11-6-12-14(7-13(11)20-4)21-10(3)15(16(12)19)17-18-9(2)8-22-17/h6-8H,5H2,1-4H3. The zero-order valence-electron chi connectivity index (χ0n) is 13.0. The molecule has 0 spiro atoms. The summed E-state index contributed by atoms with van der Waals surface area (Å²) in [4.78, 5) is 17.3. The zero-order chi connectivity index (χ0) is 15.9. The summed E-state index contributed by atoms with van der Waals surface area (Å²) in [7, 11) is 1.62. The Kier molecular flexibility index (Phi) is 3.74. The Balaban J connectivity index is 2.35. The summed E-state index contributed by atoms with van der Waals surface area (Å²) in [5, 5.41) is 3.22. The molecular formula is C17H17NO3S. The molecule has 0 N–H and O–H groups in total. The lowest BCUT2D eigenvalue weighted by Crippen LogP contribution is -2.08. The molecule has 22 heavy (non-hydrogen) atoms. The van der Waals surface area contributed by atoms with E-state index in [1.54, 1.807) is 20.1 Å². The van der Waals surface area contributed by atoms with Gasteiger partial charge in [0.2, 0.25) is 5.43 Å². The van der Waals surface area contributed by atoms with Gasteiger partial charge in [0.1, 0.15) is 22.1 Å². The molecule has 0 bridgehead atoms. The highest BCUT2D eigenvalue weighted by Gasteiger charge is 2.17. The van der Waals surface area contributed by atoms with Crippen LogP contribution in [0, 0.1) is 13.8 Å². The third-order valence-electron chi connectivity index (χ3n) is 3.68. The molecule has 0 atom stereocenters. The van der Waals surface area contributed by atoms with E-state index in [9.17, 15) is 4.79 Å². The molecule has 1 aromatic carbocycles. The maximum atomic E-state index is 12.9. The van der Waals surface area contributed by atoms with Crippen molar-refractivity contribution in [1.82, 2.24) is 4.98 Å². The number of aryl methyl sites for hydroxylation is 3. The molecule has 3 rings (SSSR count). The van der Waals surface area contributed by atoms with Crippen LogP contribution in [0.5, 0.6) is 5.75 Å². The monoisotopic (exact) mass is 315 g/mol. The maximum Gasteiger partial charge on any atom is 0.203 e. The number of aromatic nitrogens is 1. The fourth-order valence-electron chi connectivity index (χ4n) is 2.56. The molecule has 0 aliphatic carbocycles. The molecule has 0 saturated heterocycles. The molecular weight excluding hydrogens is 298 g/mol. The highest BCUT2D eigenvalue weighted by molar-refractivity contribution is 7.13. The van der Waals surface area contributed by atoms with Crippen molar-refractivity contribution in [1.29, 1.82) is 0 Å². The van der Waals surface area contributed by atoms with Gasteiger partial charge in [0.25, 0.3) is 0 Å². The number of rotatable bonds is 3. The molecule has 0 saturated carbocycles. The third kappa shape index (κ3) is 2.31. The van der Waals surface area contributed by atoms with Gasteiger partial charge in [-0.25, -0.2) is 4.98 Å². The van der Waals surface area contributed by atoms with E-state index in [0.29, 0.717) is 27.3 Å². The van der Waals surface area contributed by atoms with Gasteiger partial charge in [-0.05, 0) is 31.9 Å². The van der Waals surface area contributed by atoms with E-state index in [0.717, 1.165) is 23.4 Å². The minimum Gasteiger partial charge on any atom is -0.496 e. The minimum atomic E-state index is -0.0366. The molecule has 0 unspecified atom stereocenters. The molecule has 2 heterocycles. The van der Waals surface area contributed by atoms with Crippen LogP contribution in [0.25, 0.3) is 21.5 Å². The van der Waals surface area contributed by atoms with E-state index in [1.807, 2.05) is 25.3 Å². The first-order valence-electron chi connectivity index (χ1n) is 7.12. The third-order valence-corrected chi connectivity index (χ3v) is 4.66. The summed E-state index contributed by atoms with van der Waals surface area (Å²) in [6.45, 7) is 5.75. The van der Waals surface area contributed by atoms with Crippen molar-refractivity contribution in [2.24, 2.45) is 0 Å². The van der Waals surface area contributed by atoms with E-state index in [4.69, 9.17) is 9.15 Å². The van der Waals surface area contributed by atoms with Gasteiger partial charge in [-0.3, -0.25) is 4.79 Å². The van der Waals surface area contributed by atoms with E-state index < -0.39 is 0 Å². The highest BCUT2D eigenvalue weighted by atomic mass is 32.1. The van der Waals surface area contributed by atoms with E-state index in [2.05, 4.69) is 4.98 Å². The van der Waals surface area contributed by atoms with Gasteiger partial charge in [-0.15, -0.1) is 11.3 Å². The van der Waals surface area contributed by atoms with Crippen LogP contribution in [0.2, 0.25) is 0 Å². The molecule has 0 aliphatic rings. The highest BCUT2D eigenvalue weighted by Crippen LogP contribution is 2.30. The number of methoxy groups -OCH3 is 1. The molecule has 2 aromatic heterocycles. The fourth-order valence-corrected chi connectivity index (χ4v) is 3.45. The predicted molar refractivity (Wildman–Crippen MR) is 89.0 cm³/mol. The number of ether oxygens (including phenoxy) is 1. The Hall–Kier alpha value is -2.14. The van der Waals surface area contributed by atoms with Gasteiger partial charge in [-0.2, -0.15) is 0 Å². The number of thiazole rings is 1. The maximum absolute atomic E-state index is 12.9. The van der Waals surface area contributed by atoms with E-state index >= 15 is 0 Å². The second kappa shape index (κ2) is 5.57. The van der Waals surface area contributed by atoms with Crippen LogP contribution in [0.4, 0.5) is 0 Å². The van der Waals surface area contributed by atoms with Gasteiger partial charge in [0.15, 0.2) is 0 Å². The van der Waals surface area contributed by atoms with E-state index in [-0.39, 0.29) is 5.43 Å². The average molecular weight is 315 g/mol. The van der Waals surface area contributed by atoms with Gasteiger partial charge >= 0.3 is 0 Å². The molecule has 0 aliphatic heterocycles. The Morgan fingerprint density at radius 1 is 1.32 bits per heavy atom. The number of nitrogens with zero attached hydrogens (tertiary/aromatic N) is 1. The van der Waals surface area contributed by atoms with Crippen molar-refractivity contribution in [3.8, 4) is 16.3 Å². The minimum absolute atomic E-state index is 0.0366. The van der Waals surface area contributed by atoms with Gasteiger partial charge in [0.05, 0.1) is 18.1 Å². The summed E-state index contributed by atoms with van der Waals surface area (Å²) >= 11 is 1.46.